The Morgan fingerprint density at radius 1 is 1.54 bits per heavy atom. The Morgan fingerprint density at radius 2 is 2.23 bits per heavy atom. The largest absolute Gasteiger partial charge is 0.508 e. The minimum absolute atomic E-state index is 0.0529. The second-order valence-electron chi connectivity index (χ2n) is 2.73. The molecule has 4 heteroatoms. The van der Waals surface area contributed by atoms with Crippen molar-refractivity contribution in [2.24, 2.45) is 0 Å². The number of rotatable bonds is 3. The summed E-state index contributed by atoms with van der Waals surface area (Å²) in [6.07, 6.45) is 0. The quantitative estimate of drug-likeness (QED) is 0.735. The van der Waals surface area contributed by atoms with E-state index < -0.39 is 0 Å². The molecule has 3 N–H and O–H groups in total. The number of likely N-dealkylation sites (N-methyl/N-ethyl adjacent to an activating group) is 1. The lowest BCUT2D eigenvalue weighted by atomic mass is 10.1. The summed E-state index contributed by atoms with van der Waals surface area (Å²) in [6, 6.07) is 5.05. The number of benzene rings is 1. The molecule has 72 valence electrons. The molecule has 0 aliphatic carbocycles. The van der Waals surface area contributed by atoms with Crippen LogP contribution in [0.1, 0.15) is 11.6 Å². The van der Waals surface area contributed by atoms with Gasteiger partial charge in [0.25, 0.3) is 0 Å². The number of phenols is 1. The van der Waals surface area contributed by atoms with Crippen LogP contribution >= 0.6 is 22.6 Å². The topological polar surface area (TPSA) is 52.5 Å². The van der Waals surface area contributed by atoms with Crippen molar-refractivity contribution in [1.82, 2.24) is 5.32 Å². The Kier molecular flexibility index (Phi) is 3.95. The van der Waals surface area contributed by atoms with Crippen molar-refractivity contribution in [1.29, 1.82) is 0 Å². The van der Waals surface area contributed by atoms with Gasteiger partial charge in [-0.2, -0.15) is 0 Å². The molecule has 0 radical (unpaired) electrons. The van der Waals surface area contributed by atoms with Crippen molar-refractivity contribution < 1.29 is 10.2 Å². The monoisotopic (exact) mass is 293 g/mol. The van der Waals surface area contributed by atoms with Crippen molar-refractivity contribution in [3.8, 4) is 5.75 Å². The van der Waals surface area contributed by atoms with Gasteiger partial charge in [0.1, 0.15) is 5.75 Å². The van der Waals surface area contributed by atoms with E-state index in [9.17, 15) is 5.11 Å². The van der Waals surface area contributed by atoms with Crippen LogP contribution in [0.4, 0.5) is 0 Å². The Labute approximate surface area is 90.9 Å². The van der Waals surface area contributed by atoms with Gasteiger partial charge in [-0.1, -0.05) is 6.07 Å². The molecule has 0 spiro atoms. The second-order valence-corrected chi connectivity index (χ2v) is 3.89. The molecule has 0 aromatic heterocycles. The number of nitrogens with one attached hydrogen (secondary N) is 1. The molecular formula is C9H12INO2. The fourth-order valence-electron chi connectivity index (χ4n) is 1.14. The third-order valence-corrected chi connectivity index (χ3v) is 2.82. The van der Waals surface area contributed by atoms with Crippen molar-refractivity contribution in [2.75, 3.05) is 13.7 Å². The SMILES string of the molecule is CNC(CO)c1ccc(O)cc1I. The maximum absolute atomic E-state index is 9.18. The van der Waals surface area contributed by atoms with E-state index in [0.717, 1.165) is 9.13 Å². The molecule has 1 unspecified atom stereocenters. The second kappa shape index (κ2) is 4.78. The van der Waals surface area contributed by atoms with Crippen molar-refractivity contribution >= 4 is 22.6 Å². The standard InChI is InChI=1S/C9H12INO2/c1-11-9(5-12)7-3-2-6(13)4-8(7)10/h2-4,9,11-13H,5H2,1H3. The molecule has 1 aromatic carbocycles. The van der Waals surface area contributed by atoms with Crippen LogP contribution in [0.3, 0.4) is 0 Å². The highest BCUT2D eigenvalue weighted by Gasteiger charge is 2.10. The van der Waals surface area contributed by atoms with Gasteiger partial charge < -0.3 is 15.5 Å². The maximum atomic E-state index is 9.18. The van der Waals surface area contributed by atoms with Crippen LogP contribution in [0.25, 0.3) is 0 Å². The summed E-state index contributed by atoms with van der Waals surface area (Å²) in [6.45, 7) is 0.0529. The molecule has 0 aliphatic rings. The van der Waals surface area contributed by atoms with Gasteiger partial charge >= 0.3 is 0 Å². The molecule has 0 saturated carbocycles. The molecule has 0 heterocycles. The lowest BCUT2D eigenvalue weighted by molar-refractivity contribution is 0.250. The van der Waals surface area contributed by atoms with Gasteiger partial charge in [0.05, 0.1) is 12.6 Å². The predicted molar refractivity (Wildman–Crippen MR) is 59.7 cm³/mol. The van der Waals surface area contributed by atoms with Gasteiger partial charge in [0.15, 0.2) is 0 Å². The van der Waals surface area contributed by atoms with E-state index in [1.54, 1.807) is 19.2 Å². The van der Waals surface area contributed by atoms with Gasteiger partial charge in [-0.3, -0.25) is 0 Å². The first-order chi connectivity index (χ1) is 6.19. The van der Waals surface area contributed by atoms with Crippen LogP contribution in [-0.2, 0) is 0 Å². The predicted octanol–water partition coefficient (Wildman–Crippen LogP) is 1.25. The molecule has 0 amide bonds. The Morgan fingerprint density at radius 3 is 2.69 bits per heavy atom. The Balaban J connectivity index is 2.99. The number of halogens is 1. The lowest BCUT2D eigenvalue weighted by Gasteiger charge is -2.15. The number of aliphatic hydroxyl groups excluding tert-OH is 1. The highest BCUT2D eigenvalue weighted by Crippen LogP contribution is 2.23. The minimum Gasteiger partial charge on any atom is -0.508 e. The van der Waals surface area contributed by atoms with Crippen LogP contribution in [0, 0.1) is 3.57 Å². The van der Waals surface area contributed by atoms with Gasteiger partial charge in [0.2, 0.25) is 0 Å². The molecule has 13 heavy (non-hydrogen) atoms. The molecule has 1 rings (SSSR count). The van der Waals surface area contributed by atoms with Crippen molar-refractivity contribution in [3.05, 3.63) is 27.3 Å². The molecule has 0 aliphatic heterocycles. The number of aliphatic hydroxyl groups is 1. The third-order valence-electron chi connectivity index (χ3n) is 1.89. The number of hydrogen-bond donors (Lipinski definition) is 3. The third kappa shape index (κ3) is 2.55. The van der Waals surface area contributed by atoms with Gasteiger partial charge in [0, 0.05) is 3.57 Å². The van der Waals surface area contributed by atoms with Crippen LogP contribution in [0.2, 0.25) is 0 Å². The summed E-state index contributed by atoms with van der Waals surface area (Å²) >= 11 is 2.14. The van der Waals surface area contributed by atoms with Crippen LogP contribution in [0.15, 0.2) is 18.2 Å². The van der Waals surface area contributed by atoms with E-state index in [-0.39, 0.29) is 18.4 Å². The van der Waals surface area contributed by atoms with E-state index in [4.69, 9.17) is 5.11 Å². The smallest absolute Gasteiger partial charge is 0.116 e. The fourth-order valence-corrected chi connectivity index (χ4v) is 2.02. The van der Waals surface area contributed by atoms with Crippen LogP contribution < -0.4 is 5.32 Å². The van der Waals surface area contributed by atoms with E-state index in [0.29, 0.717) is 0 Å². The van der Waals surface area contributed by atoms with Crippen molar-refractivity contribution in [2.45, 2.75) is 6.04 Å². The van der Waals surface area contributed by atoms with E-state index in [2.05, 4.69) is 27.9 Å². The summed E-state index contributed by atoms with van der Waals surface area (Å²) in [5, 5.41) is 21.2. The molecular weight excluding hydrogens is 281 g/mol. The molecule has 0 saturated heterocycles. The Bertz CT molecular complexity index is 287. The maximum Gasteiger partial charge on any atom is 0.116 e. The van der Waals surface area contributed by atoms with Crippen LogP contribution in [0.5, 0.6) is 5.75 Å². The number of phenolic OH excluding ortho intramolecular Hbond substituents is 1. The lowest BCUT2D eigenvalue weighted by Crippen LogP contribution is -2.20. The fraction of sp³-hybridized carbons (Fsp3) is 0.333. The minimum atomic E-state index is -0.0625. The average Bonchev–Trinajstić information content (AvgIpc) is 2.10. The first-order valence-electron chi connectivity index (χ1n) is 3.95. The zero-order chi connectivity index (χ0) is 9.84. The summed E-state index contributed by atoms with van der Waals surface area (Å²) in [5.74, 6) is 0.251. The van der Waals surface area contributed by atoms with E-state index >= 15 is 0 Å². The van der Waals surface area contributed by atoms with E-state index in [1.807, 2.05) is 6.07 Å². The number of aromatic hydroxyl groups is 1. The van der Waals surface area contributed by atoms with Crippen molar-refractivity contribution in [3.63, 3.8) is 0 Å². The summed E-state index contributed by atoms with van der Waals surface area (Å²) in [7, 11) is 1.80. The summed E-state index contributed by atoms with van der Waals surface area (Å²) in [5.41, 5.74) is 1.00. The van der Waals surface area contributed by atoms with Gasteiger partial charge in [-0.05, 0) is 47.3 Å². The zero-order valence-electron chi connectivity index (χ0n) is 7.29. The summed E-state index contributed by atoms with van der Waals surface area (Å²) < 4.78 is 0.950. The van der Waals surface area contributed by atoms with Crippen LogP contribution in [-0.4, -0.2) is 23.9 Å². The molecule has 0 bridgehead atoms. The normalized spacial score (nSPS) is 12.8. The van der Waals surface area contributed by atoms with Gasteiger partial charge in [-0.15, -0.1) is 0 Å². The first-order valence-corrected chi connectivity index (χ1v) is 5.03. The molecule has 1 aromatic rings. The highest BCUT2D eigenvalue weighted by atomic mass is 127. The summed E-state index contributed by atoms with van der Waals surface area (Å²) in [4.78, 5) is 0. The zero-order valence-corrected chi connectivity index (χ0v) is 9.45. The highest BCUT2D eigenvalue weighted by molar-refractivity contribution is 14.1. The first kappa shape index (κ1) is 10.7. The molecule has 0 fully saturated rings. The van der Waals surface area contributed by atoms with Gasteiger partial charge in [-0.25, -0.2) is 0 Å². The molecule has 3 nitrogen and oxygen atoms in total. The average molecular weight is 293 g/mol. The van der Waals surface area contributed by atoms with E-state index in [1.165, 1.54) is 0 Å². The molecule has 1 atom stereocenters. The number of hydrogen-bond acceptors (Lipinski definition) is 3. The Hall–Kier alpha value is -0.330.